The summed E-state index contributed by atoms with van der Waals surface area (Å²) in [6.07, 6.45) is 3.79. The summed E-state index contributed by atoms with van der Waals surface area (Å²) >= 11 is 57.8. The predicted molar refractivity (Wildman–Crippen MR) is 123 cm³/mol. The highest BCUT2D eigenvalue weighted by molar-refractivity contribution is 7.66. The SMILES string of the molecule is CC(C1CCCCC1(C(C)[Si](Cl)(Cl)Cl)C(C)[Si](Cl)(Cl)Cl)[Si](Cl)(Cl)Cl. The molecule has 12 heteroatoms. The van der Waals surface area contributed by atoms with Crippen LogP contribution in [0.25, 0.3) is 0 Å². The fourth-order valence-electron chi connectivity index (χ4n) is 4.25. The van der Waals surface area contributed by atoms with Crippen LogP contribution in [0.1, 0.15) is 46.5 Å². The second kappa shape index (κ2) is 8.95. The van der Waals surface area contributed by atoms with E-state index in [1.165, 1.54) is 0 Å². The van der Waals surface area contributed by atoms with Crippen molar-refractivity contribution in [2.45, 2.75) is 63.1 Å². The van der Waals surface area contributed by atoms with Crippen molar-refractivity contribution in [1.82, 2.24) is 0 Å². The zero-order valence-corrected chi connectivity index (χ0v) is 23.3. The molecule has 1 fully saturated rings. The van der Waals surface area contributed by atoms with Gasteiger partial charge in [-0.2, -0.15) is 0 Å². The van der Waals surface area contributed by atoms with Crippen molar-refractivity contribution in [2.75, 3.05) is 0 Å². The summed E-state index contributed by atoms with van der Waals surface area (Å²) < 4.78 is 0. The molecule has 144 valence electrons. The Bertz CT molecular complexity index is 409. The van der Waals surface area contributed by atoms with E-state index in [9.17, 15) is 0 Å². The van der Waals surface area contributed by atoms with Gasteiger partial charge in [-0.1, -0.05) is 33.6 Å². The molecule has 4 unspecified atom stereocenters. The van der Waals surface area contributed by atoms with Crippen LogP contribution in [0.2, 0.25) is 16.6 Å². The highest BCUT2D eigenvalue weighted by atomic mass is 35.9. The molecule has 0 nitrogen and oxygen atoms in total. The molecule has 4 atom stereocenters. The third-order valence-electron chi connectivity index (χ3n) is 5.78. The third kappa shape index (κ3) is 5.66. The average molecular weight is 569 g/mol. The quantitative estimate of drug-likeness (QED) is 0.221. The van der Waals surface area contributed by atoms with Crippen LogP contribution < -0.4 is 0 Å². The Hall–Kier alpha value is 3.26. The number of hydrogen-bond acceptors (Lipinski definition) is 0. The van der Waals surface area contributed by atoms with Crippen LogP contribution in [0, 0.1) is 11.3 Å². The summed E-state index contributed by atoms with van der Waals surface area (Å²) in [6, 6.07) is -9.08. The standard InChI is InChI=1S/C12H21Cl9Si3/c1-8(22(13,14)15)11-6-4-5-7-12(11,9(2)23(16,17)18)10(3)24(19,20)21/h8-11H,4-7H2,1-3H3. The number of rotatable bonds is 6. The Kier molecular flexibility index (Phi) is 9.44. The summed E-state index contributed by atoms with van der Waals surface area (Å²) in [6.45, 7) is 5.94. The van der Waals surface area contributed by atoms with E-state index in [2.05, 4.69) is 0 Å². The lowest BCUT2D eigenvalue weighted by atomic mass is 9.61. The second-order valence-corrected chi connectivity index (χ2v) is 34.0. The maximum atomic E-state index is 6.45. The Balaban J connectivity index is 3.52. The fourth-order valence-corrected chi connectivity index (χ4v) is 12.8. The zero-order valence-electron chi connectivity index (χ0n) is 13.5. The molecule has 24 heavy (non-hydrogen) atoms. The molecule has 0 heterocycles. The van der Waals surface area contributed by atoms with Gasteiger partial charge in [0.05, 0.1) is 0 Å². The molecule has 0 bridgehead atoms. The summed E-state index contributed by atoms with van der Waals surface area (Å²) in [4.78, 5) is 0. The van der Waals surface area contributed by atoms with Crippen molar-refractivity contribution in [2.24, 2.45) is 11.3 Å². The van der Waals surface area contributed by atoms with Crippen molar-refractivity contribution in [3.05, 3.63) is 0 Å². The topological polar surface area (TPSA) is 0 Å². The molecule has 0 saturated heterocycles. The van der Waals surface area contributed by atoms with Crippen LogP contribution in [0.4, 0.5) is 0 Å². The number of halogens is 9. The minimum absolute atomic E-state index is 0.0710. The van der Waals surface area contributed by atoms with Crippen LogP contribution in [0.3, 0.4) is 0 Å². The van der Waals surface area contributed by atoms with Gasteiger partial charge in [0.1, 0.15) is 0 Å². The lowest BCUT2D eigenvalue weighted by Gasteiger charge is -2.56. The van der Waals surface area contributed by atoms with E-state index in [0.29, 0.717) is 0 Å². The first-order valence-corrected chi connectivity index (χ1v) is 23.1. The van der Waals surface area contributed by atoms with Gasteiger partial charge in [-0.3, -0.25) is 0 Å². The Morgan fingerprint density at radius 1 is 0.708 bits per heavy atom. The summed E-state index contributed by atoms with van der Waals surface area (Å²) in [5.41, 5.74) is -0.913. The van der Waals surface area contributed by atoms with Crippen molar-refractivity contribution in [1.29, 1.82) is 0 Å². The fraction of sp³-hybridized carbons (Fsp3) is 1.00. The van der Waals surface area contributed by atoms with Crippen LogP contribution in [-0.4, -0.2) is 18.0 Å². The van der Waals surface area contributed by atoms with Gasteiger partial charge in [-0.15, -0.1) is 99.7 Å². The smallest absolute Gasteiger partial charge is 0.126 e. The predicted octanol–water partition coefficient (Wildman–Crippen LogP) is 9.30. The van der Waals surface area contributed by atoms with Crippen molar-refractivity contribution < 1.29 is 0 Å². The van der Waals surface area contributed by atoms with Gasteiger partial charge < -0.3 is 0 Å². The van der Waals surface area contributed by atoms with E-state index in [1.54, 1.807) is 0 Å². The first kappa shape index (κ1) is 25.3. The molecule has 0 N–H and O–H groups in total. The van der Waals surface area contributed by atoms with E-state index in [0.717, 1.165) is 25.7 Å². The summed E-state index contributed by atoms with van der Waals surface area (Å²) in [7, 11) is 0. The van der Waals surface area contributed by atoms with E-state index < -0.39 is 23.4 Å². The molecule has 0 radical (unpaired) electrons. The average Bonchev–Trinajstić information content (AvgIpc) is 2.41. The second-order valence-electron chi connectivity index (χ2n) is 6.82. The van der Waals surface area contributed by atoms with Gasteiger partial charge in [0.2, 0.25) is 0 Å². The Morgan fingerprint density at radius 3 is 1.46 bits per heavy atom. The molecule has 1 aliphatic rings. The normalized spacial score (nSPS) is 30.8. The monoisotopic (exact) mass is 564 g/mol. The van der Waals surface area contributed by atoms with Crippen LogP contribution in [0.5, 0.6) is 0 Å². The summed E-state index contributed by atoms with van der Waals surface area (Å²) in [5.74, 6) is 0.0710. The van der Waals surface area contributed by atoms with Crippen molar-refractivity contribution in [3.63, 3.8) is 0 Å². The highest BCUT2D eigenvalue weighted by Crippen LogP contribution is 2.68. The minimum atomic E-state index is -3.06. The molecular weight excluding hydrogens is 547 g/mol. The largest absolute Gasteiger partial charge is 0.344 e. The first-order valence-electron chi connectivity index (χ1n) is 7.76. The molecule has 0 aromatic heterocycles. The Morgan fingerprint density at radius 2 is 1.12 bits per heavy atom. The van der Waals surface area contributed by atoms with Crippen LogP contribution in [0.15, 0.2) is 0 Å². The maximum absolute atomic E-state index is 6.45. The van der Waals surface area contributed by atoms with Gasteiger partial charge in [0, 0.05) is 0 Å². The number of hydrogen-bond donors (Lipinski definition) is 0. The molecule has 1 saturated carbocycles. The van der Waals surface area contributed by atoms with E-state index in [-0.39, 0.29) is 22.5 Å². The molecule has 0 amide bonds. The third-order valence-corrected chi connectivity index (χ3v) is 19.2. The maximum Gasteiger partial charge on any atom is 0.344 e. The highest BCUT2D eigenvalue weighted by Gasteiger charge is 2.62. The summed E-state index contributed by atoms with van der Waals surface area (Å²) in [5, 5.41) is 0. The minimum Gasteiger partial charge on any atom is -0.126 e. The molecule has 1 aliphatic carbocycles. The zero-order chi connectivity index (χ0) is 19.1. The van der Waals surface area contributed by atoms with E-state index in [4.69, 9.17) is 99.7 Å². The first-order chi connectivity index (χ1) is 10.6. The van der Waals surface area contributed by atoms with Crippen LogP contribution >= 0.6 is 99.7 Å². The van der Waals surface area contributed by atoms with Gasteiger partial charge in [0.25, 0.3) is 0 Å². The molecule has 1 rings (SSSR count). The van der Waals surface area contributed by atoms with Crippen molar-refractivity contribution in [3.8, 4) is 0 Å². The Labute approximate surface area is 190 Å². The van der Waals surface area contributed by atoms with E-state index >= 15 is 0 Å². The van der Waals surface area contributed by atoms with Gasteiger partial charge in [-0.25, -0.2) is 0 Å². The van der Waals surface area contributed by atoms with Gasteiger partial charge in [0.15, 0.2) is 0 Å². The molecule has 0 aliphatic heterocycles. The molecular formula is C12H21Cl9Si3. The van der Waals surface area contributed by atoms with E-state index in [1.807, 2.05) is 20.8 Å². The van der Waals surface area contributed by atoms with Gasteiger partial charge >= 0.3 is 18.0 Å². The molecule has 0 aromatic rings. The van der Waals surface area contributed by atoms with Gasteiger partial charge in [-0.05, 0) is 40.8 Å². The molecule has 0 aromatic carbocycles. The lowest BCUT2D eigenvalue weighted by molar-refractivity contribution is 0.0790. The van der Waals surface area contributed by atoms with Crippen molar-refractivity contribution >= 4 is 118 Å². The lowest BCUT2D eigenvalue weighted by Crippen LogP contribution is -2.52. The molecule has 0 spiro atoms. The van der Waals surface area contributed by atoms with Crippen LogP contribution in [-0.2, 0) is 0 Å².